The van der Waals surface area contributed by atoms with Gasteiger partial charge in [0.25, 0.3) is 0 Å². The van der Waals surface area contributed by atoms with E-state index in [0.717, 1.165) is 33.6 Å². The number of ether oxygens (including phenoxy) is 1. The van der Waals surface area contributed by atoms with Gasteiger partial charge in [0, 0.05) is 19.0 Å². The number of imidazole rings is 1. The smallest absolute Gasteiger partial charge is 0.224 e. The minimum Gasteiger partial charge on any atom is -0.485 e. The molecule has 138 valence electrons. The van der Waals surface area contributed by atoms with Crippen LogP contribution in [0.25, 0.3) is 11.0 Å². The Balaban J connectivity index is 1.51. The molecule has 1 atom stereocenters. The number of fused-ring (bicyclic) bond motifs is 2. The lowest BCUT2D eigenvalue weighted by Gasteiger charge is -2.27. The van der Waals surface area contributed by atoms with E-state index in [0.29, 0.717) is 12.4 Å². The SMILES string of the molecule is Cn1c(N/N=C2/CC(c3ccccc3)Oc3ccccc32)nc2ccccc21. The van der Waals surface area contributed by atoms with Crippen LogP contribution in [-0.2, 0) is 7.05 Å². The van der Waals surface area contributed by atoms with Crippen molar-refractivity contribution in [3.05, 3.63) is 90.0 Å². The van der Waals surface area contributed by atoms with Crippen LogP contribution in [0, 0.1) is 0 Å². The van der Waals surface area contributed by atoms with Gasteiger partial charge in [-0.05, 0) is 29.8 Å². The molecule has 0 radical (unpaired) electrons. The summed E-state index contributed by atoms with van der Waals surface area (Å²) in [7, 11) is 1.99. The molecule has 5 nitrogen and oxygen atoms in total. The van der Waals surface area contributed by atoms with E-state index in [1.807, 2.05) is 72.3 Å². The van der Waals surface area contributed by atoms with Gasteiger partial charge in [-0.1, -0.05) is 54.6 Å². The molecule has 1 unspecified atom stereocenters. The van der Waals surface area contributed by atoms with E-state index in [-0.39, 0.29) is 6.10 Å². The van der Waals surface area contributed by atoms with E-state index in [4.69, 9.17) is 9.84 Å². The Morgan fingerprint density at radius 1 is 0.964 bits per heavy atom. The van der Waals surface area contributed by atoms with Crippen LogP contribution in [0.15, 0.2) is 84.0 Å². The summed E-state index contributed by atoms with van der Waals surface area (Å²) in [6, 6.07) is 26.4. The molecule has 2 heterocycles. The third kappa shape index (κ3) is 2.91. The van der Waals surface area contributed by atoms with Crippen molar-refractivity contribution in [1.82, 2.24) is 9.55 Å². The molecule has 0 saturated carbocycles. The summed E-state index contributed by atoms with van der Waals surface area (Å²) in [5, 5.41) is 4.73. The number of nitrogens with one attached hydrogen (secondary N) is 1. The highest BCUT2D eigenvalue weighted by atomic mass is 16.5. The highest BCUT2D eigenvalue weighted by molar-refractivity contribution is 6.04. The van der Waals surface area contributed by atoms with Crippen molar-refractivity contribution in [3.8, 4) is 5.75 Å². The van der Waals surface area contributed by atoms with Crippen LogP contribution < -0.4 is 10.2 Å². The molecule has 0 spiro atoms. The molecule has 5 rings (SSSR count). The molecule has 28 heavy (non-hydrogen) atoms. The standard InChI is InChI=1S/C23H20N4O/c1-27-20-13-7-6-12-18(20)24-23(27)26-25-19-15-22(16-9-3-2-4-10-16)28-21-14-8-5-11-17(19)21/h2-14,22H,15H2,1H3,(H,24,26)/b25-19-. The van der Waals surface area contributed by atoms with Gasteiger partial charge in [0.05, 0.1) is 16.7 Å². The van der Waals surface area contributed by atoms with Crippen LogP contribution in [0.4, 0.5) is 5.95 Å². The molecule has 5 heteroatoms. The zero-order valence-corrected chi connectivity index (χ0v) is 15.5. The fourth-order valence-corrected chi connectivity index (χ4v) is 3.61. The number of hydrazone groups is 1. The van der Waals surface area contributed by atoms with Crippen molar-refractivity contribution in [2.24, 2.45) is 12.1 Å². The Morgan fingerprint density at radius 2 is 1.71 bits per heavy atom. The molecule has 1 aromatic heterocycles. The first-order valence-corrected chi connectivity index (χ1v) is 9.34. The predicted molar refractivity (Wildman–Crippen MR) is 112 cm³/mol. The number of para-hydroxylation sites is 3. The third-order valence-corrected chi connectivity index (χ3v) is 5.10. The summed E-state index contributed by atoms with van der Waals surface area (Å²) in [6.45, 7) is 0. The molecule has 1 N–H and O–H groups in total. The van der Waals surface area contributed by atoms with E-state index in [2.05, 4.69) is 28.6 Å². The zero-order valence-electron chi connectivity index (χ0n) is 15.5. The first-order valence-electron chi connectivity index (χ1n) is 9.34. The molecule has 0 amide bonds. The fraction of sp³-hybridized carbons (Fsp3) is 0.130. The maximum Gasteiger partial charge on any atom is 0.224 e. The van der Waals surface area contributed by atoms with Crippen LogP contribution >= 0.6 is 0 Å². The number of nitrogens with zero attached hydrogens (tertiary/aromatic N) is 3. The normalized spacial score (nSPS) is 17.3. The molecular weight excluding hydrogens is 348 g/mol. The van der Waals surface area contributed by atoms with Crippen molar-refractivity contribution < 1.29 is 4.74 Å². The van der Waals surface area contributed by atoms with Gasteiger partial charge in [0.1, 0.15) is 11.9 Å². The average molecular weight is 368 g/mol. The van der Waals surface area contributed by atoms with E-state index in [1.54, 1.807) is 0 Å². The lowest BCUT2D eigenvalue weighted by molar-refractivity contribution is 0.206. The number of aromatic nitrogens is 2. The topological polar surface area (TPSA) is 51.4 Å². The highest BCUT2D eigenvalue weighted by Gasteiger charge is 2.26. The van der Waals surface area contributed by atoms with Gasteiger partial charge in [-0.15, -0.1) is 0 Å². The lowest BCUT2D eigenvalue weighted by atomic mass is 9.96. The minimum atomic E-state index is -0.0582. The third-order valence-electron chi connectivity index (χ3n) is 5.10. The first kappa shape index (κ1) is 16.6. The fourth-order valence-electron chi connectivity index (χ4n) is 3.61. The molecule has 1 aliphatic rings. The van der Waals surface area contributed by atoms with Gasteiger partial charge in [0.2, 0.25) is 5.95 Å². The van der Waals surface area contributed by atoms with Crippen molar-refractivity contribution >= 4 is 22.7 Å². The summed E-state index contributed by atoms with van der Waals surface area (Å²) < 4.78 is 8.26. The van der Waals surface area contributed by atoms with Crippen LogP contribution in [-0.4, -0.2) is 15.3 Å². The number of aryl methyl sites for hydroxylation is 1. The molecule has 1 aliphatic heterocycles. The van der Waals surface area contributed by atoms with Crippen LogP contribution in [0.3, 0.4) is 0 Å². The Kier molecular flexibility index (Phi) is 4.05. The second-order valence-corrected chi connectivity index (χ2v) is 6.87. The van der Waals surface area contributed by atoms with E-state index in [1.165, 1.54) is 0 Å². The molecule has 4 aromatic rings. The van der Waals surface area contributed by atoms with Crippen molar-refractivity contribution in [1.29, 1.82) is 0 Å². The largest absolute Gasteiger partial charge is 0.485 e. The summed E-state index contributed by atoms with van der Waals surface area (Å²) in [5.41, 5.74) is 8.31. The number of anilines is 1. The lowest BCUT2D eigenvalue weighted by Crippen LogP contribution is -2.22. The second kappa shape index (κ2) is 6.85. The molecular formula is C23H20N4O. The van der Waals surface area contributed by atoms with Gasteiger partial charge >= 0.3 is 0 Å². The Morgan fingerprint density at radius 3 is 2.57 bits per heavy atom. The maximum absolute atomic E-state index is 6.24. The van der Waals surface area contributed by atoms with Gasteiger partial charge < -0.3 is 9.30 Å². The van der Waals surface area contributed by atoms with Crippen LogP contribution in [0.5, 0.6) is 5.75 Å². The van der Waals surface area contributed by atoms with E-state index < -0.39 is 0 Å². The minimum absolute atomic E-state index is 0.0582. The first-order chi connectivity index (χ1) is 13.8. The van der Waals surface area contributed by atoms with Gasteiger partial charge in [0.15, 0.2) is 0 Å². The molecule has 0 fully saturated rings. The Bertz CT molecular complexity index is 1160. The van der Waals surface area contributed by atoms with Crippen LogP contribution in [0.1, 0.15) is 23.7 Å². The summed E-state index contributed by atoms with van der Waals surface area (Å²) in [6.07, 6.45) is 0.634. The van der Waals surface area contributed by atoms with Crippen molar-refractivity contribution in [2.45, 2.75) is 12.5 Å². The Labute approximate surface area is 163 Å². The van der Waals surface area contributed by atoms with E-state index >= 15 is 0 Å². The average Bonchev–Trinajstić information content (AvgIpc) is 3.08. The summed E-state index contributed by atoms with van der Waals surface area (Å²) >= 11 is 0. The molecule has 0 saturated heterocycles. The van der Waals surface area contributed by atoms with E-state index in [9.17, 15) is 0 Å². The predicted octanol–water partition coefficient (Wildman–Crippen LogP) is 4.91. The number of hydrogen-bond acceptors (Lipinski definition) is 4. The molecule has 0 aliphatic carbocycles. The summed E-state index contributed by atoms with van der Waals surface area (Å²) in [4.78, 5) is 4.64. The molecule has 3 aromatic carbocycles. The van der Waals surface area contributed by atoms with Gasteiger partial charge in [-0.3, -0.25) is 0 Å². The van der Waals surface area contributed by atoms with Gasteiger partial charge in [-0.25, -0.2) is 10.4 Å². The number of hydrogen-bond donors (Lipinski definition) is 1. The molecule has 0 bridgehead atoms. The van der Waals surface area contributed by atoms with Crippen molar-refractivity contribution in [2.75, 3.05) is 5.43 Å². The second-order valence-electron chi connectivity index (χ2n) is 6.87. The van der Waals surface area contributed by atoms with Gasteiger partial charge in [-0.2, -0.15) is 5.10 Å². The summed E-state index contributed by atoms with van der Waals surface area (Å²) in [5.74, 6) is 1.57. The van der Waals surface area contributed by atoms with Crippen molar-refractivity contribution in [3.63, 3.8) is 0 Å². The number of rotatable bonds is 3. The van der Waals surface area contributed by atoms with Crippen LogP contribution in [0.2, 0.25) is 0 Å². The number of benzene rings is 3. The monoisotopic (exact) mass is 368 g/mol. The highest BCUT2D eigenvalue weighted by Crippen LogP contribution is 2.35. The quantitative estimate of drug-likeness (QED) is 0.523. The zero-order chi connectivity index (χ0) is 18.9. The maximum atomic E-state index is 6.24. The Hall–Kier alpha value is -3.60.